The largest absolute Gasteiger partial charge is 0.479 e. The number of nitriles is 1. The first-order chi connectivity index (χ1) is 12.0. The van der Waals surface area contributed by atoms with Gasteiger partial charge in [0.05, 0.1) is 5.75 Å². The van der Waals surface area contributed by atoms with Crippen LogP contribution in [0.3, 0.4) is 0 Å². The Kier molecular flexibility index (Phi) is 6.56. The molecular formula is C17H21N3O4S. The zero-order valence-corrected chi connectivity index (χ0v) is 14.9. The average Bonchev–Trinajstić information content (AvgIpc) is 2.65. The molecule has 0 saturated carbocycles. The highest BCUT2D eigenvalue weighted by molar-refractivity contribution is 7.89. The molecule has 1 amide bonds. The zero-order chi connectivity index (χ0) is 18.3. The van der Waals surface area contributed by atoms with Crippen molar-refractivity contribution in [3.63, 3.8) is 0 Å². The fourth-order valence-electron chi connectivity index (χ4n) is 2.43. The quantitative estimate of drug-likeness (QED) is 0.706. The summed E-state index contributed by atoms with van der Waals surface area (Å²) in [5.41, 5.74) is 0.838. The van der Waals surface area contributed by atoms with E-state index in [-0.39, 0.29) is 18.3 Å². The van der Waals surface area contributed by atoms with E-state index in [1.165, 1.54) is 10.4 Å². The molecule has 1 aliphatic rings. The second-order valence-corrected chi connectivity index (χ2v) is 7.73. The predicted molar refractivity (Wildman–Crippen MR) is 94.2 cm³/mol. The first kappa shape index (κ1) is 19.0. The van der Waals surface area contributed by atoms with Crippen molar-refractivity contribution in [2.45, 2.75) is 6.92 Å². The number of carbonyl (C=O) groups excluding carboxylic acids is 1. The number of benzene rings is 1. The van der Waals surface area contributed by atoms with Gasteiger partial charge in [0.2, 0.25) is 15.9 Å². The van der Waals surface area contributed by atoms with E-state index in [1.54, 1.807) is 42.2 Å². The molecule has 0 aromatic heterocycles. The van der Waals surface area contributed by atoms with E-state index >= 15 is 0 Å². The predicted octanol–water partition coefficient (Wildman–Crippen LogP) is 1.10. The average molecular weight is 363 g/mol. The highest BCUT2D eigenvalue weighted by Gasteiger charge is 2.26. The summed E-state index contributed by atoms with van der Waals surface area (Å²) < 4.78 is 30.2. The highest BCUT2D eigenvalue weighted by Crippen LogP contribution is 2.14. The molecule has 1 aromatic rings. The van der Waals surface area contributed by atoms with E-state index in [1.807, 2.05) is 6.07 Å². The van der Waals surface area contributed by atoms with Crippen LogP contribution in [0.1, 0.15) is 12.5 Å². The van der Waals surface area contributed by atoms with Gasteiger partial charge in [0.15, 0.2) is 6.61 Å². The number of carbonyl (C=O) groups is 1. The second kappa shape index (κ2) is 8.65. The van der Waals surface area contributed by atoms with Crippen LogP contribution < -0.4 is 4.74 Å². The minimum Gasteiger partial charge on any atom is -0.479 e. The van der Waals surface area contributed by atoms with Gasteiger partial charge in [-0.1, -0.05) is 12.1 Å². The van der Waals surface area contributed by atoms with Crippen LogP contribution in [-0.4, -0.2) is 62.1 Å². The van der Waals surface area contributed by atoms with Gasteiger partial charge in [-0.3, -0.25) is 4.79 Å². The fraction of sp³-hybridized carbons (Fsp3) is 0.412. The van der Waals surface area contributed by atoms with E-state index < -0.39 is 10.0 Å². The summed E-state index contributed by atoms with van der Waals surface area (Å²) in [4.78, 5) is 13.9. The molecule has 0 bridgehead atoms. The molecule has 1 fully saturated rings. The monoisotopic (exact) mass is 363 g/mol. The summed E-state index contributed by atoms with van der Waals surface area (Å²) in [6.45, 7) is 3.06. The topological polar surface area (TPSA) is 90.7 Å². The second-order valence-electron chi connectivity index (χ2n) is 5.47. The molecule has 0 spiro atoms. The van der Waals surface area contributed by atoms with Gasteiger partial charge >= 0.3 is 0 Å². The fourth-order valence-corrected chi connectivity index (χ4v) is 3.52. The summed E-state index contributed by atoms with van der Waals surface area (Å²) in [5.74, 6) is 0.534. The summed E-state index contributed by atoms with van der Waals surface area (Å²) >= 11 is 0. The summed E-state index contributed by atoms with van der Waals surface area (Å²) in [5, 5.41) is 8.46. The van der Waals surface area contributed by atoms with Crippen molar-refractivity contribution >= 4 is 22.0 Å². The highest BCUT2D eigenvalue weighted by atomic mass is 32.2. The standard InChI is InChI=1S/C17H21N3O4S/c1-2-25(22,23)20-12-10-19(11-13-20)17(21)8-5-15-3-6-16(7-4-15)24-14-9-18/h3-8H,2,10-14H2,1H3/b8-5+. The Morgan fingerprint density at radius 3 is 2.44 bits per heavy atom. The Hall–Kier alpha value is -2.37. The zero-order valence-electron chi connectivity index (χ0n) is 14.1. The number of amides is 1. The molecule has 8 heteroatoms. The van der Waals surface area contributed by atoms with Crippen LogP contribution in [0.4, 0.5) is 0 Å². The van der Waals surface area contributed by atoms with Gasteiger partial charge in [-0.2, -0.15) is 9.57 Å². The Bertz CT molecular complexity index is 758. The third-order valence-electron chi connectivity index (χ3n) is 3.91. The van der Waals surface area contributed by atoms with Crippen LogP contribution in [0.5, 0.6) is 5.75 Å². The van der Waals surface area contributed by atoms with E-state index in [4.69, 9.17) is 10.00 Å². The minimum absolute atomic E-state index is 0.00655. The van der Waals surface area contributed by atoms with Crippen LogP contribution in [-0.2, 0) is 14.8 Å². The minimum atomic E-state index is -3.19. The van der Waals surface area contributed by atoms with E-state index in [0.717, 1.165) is 5.56 Å². The Morgan fingerprint density at radius 1 is 1.24 bits per heavy atom. The van der Waals surface area contributed by atoms with Crippen molar-refractivity contribution in [3.8, 4) is 11.8 Å². The van der Waals surface area contributed by atoms with Gasteiger partial charge in [-0.25, -0.2) is 8.42 Å². The van der Waals surface area contributed by atoms with Crippen molar-refractivity contribution < 1.29 is 17.9 Å². The lowest BCUT2D eigenvalue weighted by Gasteiger charge is -2.33. The van der Waals surface area contributed by atoms with Crippen LogP contribution in [0.25, 0.3) is 6.08 Å². The Labute approximate surface area is 148 Å². The molecule has 0 atom stereocenters. The number of hydrogen-bond donors (Lipinski definition) is 0. The molecule has 1 aliphatic heterocycles. The summed E-state index contributed by atoms with van der Waals surface area (Å²) in [6, 6.07) is 8.95. The molecule has 0 radical (unpaired) electrons. The summed E-state index contributed by atoms with van der Waals surface area (Å²) in [6.07, 6.45) is 3.18. The number of ether oxygens (including phenoxy) is 1. The molecule has 134 valence electrons. The number of nitrogens with zero attached hydrogens (tertiary/aromatic N) is 3. The third kappa shape index (κ3) is 5.31. The number of sulfonamides is 1. The maximum absolute atomic E-state index is 12.2. The Balaban J connectivity index is 1.88. The lowest BCUT2D eigenvalue weighted by molar-refractivity contribution is -0.127. The van der Waals surface area contributed by atoms with Crippen LogP contribution in [0, 0.1) is 11.3 Å². The van der Waals surface area contributed by atoms with Gasteiger partial charge in [0.1, 0.15) is 11.8 Å². The van der Waals surface area contributed by atoms with E-state index in [9.17, 15) is 13.2 Å². The van der Waals surface area contributed by atoms with Crippen LogP contribution >= 0.6 is 0 Å². The lowest BCUT2D eigenvalue weighted by atomic mass is 10.2. The van der Waals surface area contributed by atoms with Crippen LogP contribution in [0.15, 0.2) is 30.3 Å². The maximum atomic E-state index is 12.2. The SMILES string of the molecule is CCS(=O)(=O)N1CCN(C(=O)/C=C/c2ccc(OCC#N)cc2)CC1. The number of piperazine rings is 1. The van der Waals surface area contributed by atoms with Crippen molar-refractivity contribution in [2.75, 3.05) is 38.5 Å². The third-order valence-corrected chi connectivity index (χ3v) is 5.79. The van der Waals surface area contributed by atoms with Gasteiger partial charge in [-0.15, -0.1) is 0 Å². The molecular weight excluding hydrogens is 342 g/mol. The van der Waals surface area contributed by atoms with Crippen molar-refractivity contribution in [1.29, 1.82) is 5.26 Å². The van der Waals surface area contributed by atoms with Crippen molar-refractivity contribution in [1.82, 2.24) is 9.21 Å². The summed E-state index contributed by atoms with van der Waals surface area (Å²) in [7, 11) is -3.19. The van der Waals surface area contributed by atoms with Crippen molar-refractivity contribution in [2.24, 2.45) is 0 Å². The molecule has 1 aromatic carbocycles. The molecule has 0 N–H and O–H groups in total. The van der Waals surface area contributed by atoms with Gasteiger partial charge < -0.3 is 9.64 Å². The van der Waals surface area contributed by atoms with Gasteiger partial charge in [0, 0.05) is 32.3 Å². The molecule has 0 unspecified atom stereocenters. The Morgan fingerprint density at radius 2 is 1.88 bits per heavy atom. The first-order valence-corrected chi connectivity index (χ1v) is 9.62. The molecule has 0 aliphatic carbocycles. The molecule has 1 heterocycles. The van der Waals surface area contributed by atoms with E-state index in [0.29, 0.717) is 31.9 Å². The number of hydrogen-bond acceptors (Lipinski definition) is 5. The number of rotatable bonds is 6. The van der Waals surface area contributed by atoms with Crippen LogP contribution in [0.2, 0.25) is 0 Å². The normalized spacial score (nSPS) is 15.9. The lowest BCUT2D eigenvalue weighted by Crippen LogP contribution is -2.50. The smallest absolute Gasteiger partial charge is 0.246 e. The molecule has 7 nitrogen and oxygen atoms in total. The molecule has 1 saturated heterocycles. The van der Waals surface area contributed by atoms with E-state index in [2.05, 4.69) is 0 Å². The molecule has 25 heavy (non-hydrogen) atoms. The first-order valence-electron chi connectivity index (χ1n) is 8.01. The van der Waals surface area contributed by atoms with Gasteiger partial charge in [-0.05, 0) is 30.7 Å². The molecule has 2 rings (SSSR count). The van der Waals surface area contributed by atoms with Crippen molar-refractivity contribution in [3.05, 3.63) is 35.9 Å². The van der Waals surface area contributed by atoms with Gasteiger partial charge in [0.25, 0.3) is 0 Å². The maximum Gasteiger partial charge on any atom is 0.246 e.